The van der Waals surface area contributed by atoms with Crippen molar-refractivity contribution in [2.24, 2.45) is 0 Å². The van der Waals surface area contributed by atoms with E-state index in [1.807, 2.05) is 0 Å². The van der Waals surface area contributed by atoms with E-state index < -0.39 is 0 Å². The fourth-order valence-corrected chi connectivity index (χ4v) is 0. The molecule has 0 unspecified atom stereocenters. The number of rotatable bonds is 0. The van der Waals surface area contributed by atoms with Gasteiger partial charge >= 0.3 is 17.1 Å². The van der Waals surface area contributed by atoms with Crippen LogP contribution >= 0.6 is 0 Å². The number of hydrogen-bond donors (Lipinski definition) is 2. The summed E-state index contributed by atoms with van der Waals surface area (Å²) in [6, 6.07) is 0. The molecule has 0 aliphatic carbocycles. The predicted molar refractivity (Wildman–Crippen MR) is 7.19 cm³/mol. The van der Waals surface area contributed by atoms with Gasteiger partial charge in [-0.05, 0) is 0 Å². The van der Waals surface area contributed by atoms with Crippen LogP contribution in [0.1, 0.15) is 0 Å². The summed E-state index contributed by atoms with van der Waals surface area (Å²) in [6.45, 7) is 0. The zero-order valence-electron chi connectivity index (χ0n) is 2.05. The fraction of sp³-hybridized carbons (Fsp3) is 0. The second kappa shape index (κ2) is 89.5. The summed E-state index contributed by atoms with van der Waals surface area (Å²) in [7, 11) is 0. The van der Waals surface area contributed by atoms with Gasteiger partial charge in [-0.2, -0.15) is 0 Å². The Hall–Kier alpha value is 0.919. The van der Waals surface area contributed by atoms with E-state index >= 15 is 0 Å². The van der Waals surface area contributed by atoms with E-state index in [1.54, 1.807) is 0 Å². The van der Waals surface area contributed by atoms with Crippen molar-refractivity contribution in [3.8, 4) is 0 Å². The first-order chi connectivity index (χ1) is 1.00. The Morgan fingerprint density at radius 3 is 1.00 bits per heavy atom. The van der Waals surface area contributed by atoms with Crippen LogP contribution in [0.5, 0.6) is 0 Å². The van der Waals surface area contributed by atoms with E-state index in [-0.39, 0.29) is 39.6 Å². The van der Waals surface area contributed by atoms with Crippen LogP contribution in [0.2, 0.25) is 0 Å². The Balaban J connectivity index is -0.00000000167. The molecule has 5 heavy (non-hydrogen) atoms. The summed E-state index contributed by atoms with van der Waals surface area (Å²) in [5, 5.41) is 12.0. The van der Waals surface area contributed by atoms with E-state index in [9.17, 15) is 0 Å². The quantitative estimate of drug-likeness (QED) is 0.295. The molecule has 3 nitrogen and oxygen atoms in total. The van der Waals surface area contributed by atoms with Gasteiger partial charge in [-0.3, -0.25) is 10.5 Å². The Morgan fingerprint density at radius 1 is 1.00 bits per heavy atom. The van der Waals surface area contributed by atoms with Crippen molar-refractivity contribution < 1.29 is 50.1 Å². The Kier molecular flexibility index (Phi) is 696. The molecular weight excluding hydrogens is 160 g/mol. The minimum absolute atomic E-state index is 0. The van der Waals surface area contributed by atoms with Crippen molar-refractivity contribution in [3.05, 3.63) is 0 Å². The molecule has 0 saturated heterocycles. The zero-order valence-corrected chi connectivity index (χ0v) is 4.26. The molecule has 36 valence electrons. The van der Waals surface area contributed by atoms with Crippen molar-refractivity contribution >= 4 is 0 Å². The maximum atomic E-state index is 6.00. The van der Waals surface area contributed by atoms with Gasteiger partial charge in [-0.1, -0.05) is 0 Å². The second-order valence-corrected chi connectivity index (χ2v) is 0. The minimum Gasteiger partial charge on any atom is -0.870 e. The molecule has 0 amide bonds. The third kappa shape index (κ3) is 49.6. The van der Waals surface area contributed by atoms with E-state index in [2.05, 4.69) is 0 Å². The van der Waals surface area contributed by atoms with Crippen molar-refractivity contribution in [2.75, 3.05) is 0 Å². The van der Waals surface area contributed by atoms with Crippen molar-refractivity contribution in [1.82, 2.24) is 0 Å². The molecule has 0 aliphatic heterocycles. The fourth-order valence-electron chi connectivity index (χ4n) is 0. The molecule has 0 rings (SSSR count). The first-order valence-corrected chi connectivity index (χ1v) is 0.200. The molecule has 0 aromatic heterocycles. The van der Waals surface area contributed by atoms with E-state index in [0.717, 1.165) is 0 Å². The Labute approximate surface area is 50.6 Å². The van der Waals surface area contributed by atoms with Gasteiger partial charge in [0.2, 0.25) is 0 Å². The second-order valence-electron chi connectivity index (χ2n) is 0. The van der Waals surface area contributed by atoms with Crippen LogP contribution in [0.3, 0.4) is 0 Å². The topological polar surface area (TPSA) is 70.5 Å². The van der Waals surface area contributed by atoms with Crippen LogP contribution < -0.4 is 0 Å². The van der Waals surface area contributed by atoms with Gasteiger partial charge in [0.15, 0.2) is 0 Å². The molecule has 0 aromatic rings. The van der Waals surface area contributed by atoms with Gasteiger partial charge < -0.3 is 5.48 Å². The molecule has 0 fully saturated rings. The summed E-state index contributed by atoms with van der Waals surface area (Å²) >= 11 is 0. The van der Waals surface area contributed by atoms with Gasteiger partial charge in [0.05, 0.1) is 0 Å². The van der Waals surface area contributed by atoms with E-state index in [1.165, 1.54) is 0 Å². The van der Waals surface area contributed by atoms with Crippen molar-refractivity contribution in [3.63, 3.8) is 0 Å². The molecule has 0 aromatic carbocycles. The predicted octanol–water partition coefficient (Wildman–Crippen LogP) is -0.164. The van der Waals surface area contributed by atoms with Crippen LogP contribution in [-0.4, -0.2) is 16.0 Å². The third-order valence-corrected chi connectivity index (χ3v) is 0. The average Bonchev–Trinajstić information content (AvgIpc) is 1.00. The summed E-state index contributed by atoms with van der Waals surface area (Å²) in [6.07, 6.45) is 0. The number of hydrogen-bond acceptors (Lipinski definition) is 3. The van der Waals surface area contributed by atoms with Crippen LogP contribution in [0.15, 0.2) is 0 Å². The van der Waals surface area contributed by atoms with Crippen LogP contribution in [-0.2, 0) is 34.1 Å². The van der Waals surface area contributed by atoms with E-state index in [0.29, 0.717) is 0 Å². The van der Waals surface area contributed by atoms with Gasteiger partial charge in [0, 0.05) is 17.1 Å². The minimum atomic E-state index is 0. The molecule has 3 N–H and O–H groups in total. The SMILES string of the molecule is OO.[Fe+2].[Fe].[OH-]. The molecule has 0 spiro atoms. The molecule has 5 heteroatoms. The van der Waals surface area contributed by atoms with Crippen LogP contribution in [0.25, 0.3) is 0 Å². The summed E-state index contributed by atoms with van der Waals surface area (Å²) in [4.78, 5) is 0. The van der Waals surface area contributed by atoms with Gasteiger partial charge in [-0.25, -0.2) is 0 Å². The maximum Gasteiger partial charge on any atom is 2.00 e. The molecule has 0 aliphatic rings. The molecule has 0 atom stereocenters. The molecule has 0 bridgehead atoms. The first-order valence-electron chi connectivity index (χ1n) is 0.200. The standard InChI is InChI=1S/2Fe.H2O2.H2O/c;;1-2;/h;;1-2H;1H2/q;+2;;/p-1. The smallest absolute Gasteiger partial charge is 0.870 e. The first kappa shape index (κ1) is 38.9. The average molecular weight is 163 g/mol. The summed E-state index contributed by atoms with van der Waals surface area (Å²) in [5.41, 5.74) is 0. The zero-order chi connectivity index (χ0) is 2.00. The van der Waals surface area contributed by atoms with Crippen molar-refractivity contribution in [1.29, 1.82) is 0 Å². The van der Waals surface area contributed by atoms with Gasteiger partial charge in [0.25, 0.3) is 0 Å². The van der Waals surface area contributed by atoms with Gasteiger partial charge in [-0.15, -0.1) is 0 Å². The summed E-state index contributed by atoms with van der Waals surface area (Å²) < 4.78 is 0. The third-order valence-electron chi connectivity index (χ3n) is 0. The van der Waals surface area contributed by atoms with Gasteiger partial charge in [0.1, 0.15) is 0 Å². The van der Waals surface area contributed by atoms with Crippen LogP contribution in [0.4, 0.5) is 0 Å². The van der Waals surface area contributed by atoms with E-state index in [4.69, 9.17) is 10.5 Å². The summed E-state index contributed by atoms with van der Waals surface area (Å²) in [5.74, 6) is 0. The largest absolute Gasteiger partial charge is 2.00 e. The molecule has 0 radical (unpaired) electrons. The monoisotopic (exact) mass is 163 g/mol. The van der Waals surface area contributed by atoms with Crippen LogP contribution in [0, 0.1) is 0 Å². The molecule has 0 saturated carbocycles. The Bertz CT molecular complexity index is 4.85. The normalized spacial score (nSPS) is 1.20. The van der Waals surface area contributed by atoms with Crippen molar-refractivity contribution in [2.45, 2.75) is 0 Å². The Morgan fingerprint density at radius 2 is 1.00 bits per heavy atom. The maximum absolute atomic E-state index is 6.00. The molecule has 0 heterocycles. The molecular formula is H3Fe2O3+.